The van der Waals surface area contributed by atoms with E-state index < -0.39 is 0 Å². The SMILES string of the molecule is CCN(C)C(=O)NCC(C)(C)c1ccccc1Br. The minimum absolute atomic E-state index is 0.0300. The van der Waals surface area contributed by atoms with Crippen molar-refractivity contribution in [1.29, 1.82) is 0 Å². The molecule has 1 rings (SSSR count). The molecule has 1 N–H and O–H groups in total. The molecule has 0 aromatic heterocycles. The Morgan fingerprint density at radius 1 is 1.39 bits per heavy atom. The number of rotatable bonds is 4. The van der Waals surface area contributed by atoms with E-state index in [0.29, 0.717) is 13.1 Å². The summed E-state index contributed by atoms with van der Waals surface area (Å²) in [4.78, 5) is 13.4. The lowest BCUT2D eigenvalue weighted by molar-refractivity contribution is 0.208. The van der Waals surface area contributed by atoms with Gasteiger partial charge in [0.15, 0.2) is 0 Å². The van der Waals surface area contributed by atoms with Gasteiger partial charge in [0.25, 0.3) is 0 Å². The maximum absolute atomic E-state index is 11.7. The average molecular weight is 313 g/mol. The molecule has 2 amide bonds. The largest absolute Gasteiger partial charge is 0.337 e. The molecule has 0 heterocycles. The van der Waals surface area contributed by atoms with Crippen LogP contribution in [0.4, 0.5) is 4.79 Å². The summed E-state index contributed by atoms with van der Waals surface area (Å²) in [5.74, 6) is 0. The normalized spacial score (nSPS) is 11.2. The van der Waals surface area contributed by atoms with Crippen LogP contribution < -0.4 is 5.32 Å². The van der Waals surface area contributed by atoms with Crippen LogP contribution in [0.5, 0.6) is 0 Å². The Kier molecular flexibility index (Phi) is 5.20. The molecule has 3 nitrogen and oxygen atoms in total. The molecule has 0 atom stereocenters. The van der Waals surface area contributed by atoms with Gasteiger partial charge in [-0.05, 0) is 18.6 Å². The van der Waals surface area contributed by atoms with Crippen LogP contribution in [0.15, 0.2) is 28.7 Å². The maximum Gasteiger partial charge on any atom is 0.317 e. The summed E-state index contributed by atoms with van der Waals surface area (Å²) in [5.41, 5.74) is 1.09. The Bertz CT molecular complexity index is 418. The van der Waals surface area contributed by atoms with Gasteiger partial charge in [-0.25, -0.2) is 4.79 Å². The van der Waals surface area contributed by atoms with Gasteiger partial charge in [0.2, 0.25) is 0 Å². The molecule has 0 saturated carbocycles. The zero-order valence-electron chi connectivity index (χ0n) is 11.5. The standard InChI is InChI=1S/C14H21BrN2O/c1-5-17(4)13(18)16-10-14(2,3)11-8-6-7-9-12(11)15/h6-9H,5,10H2,1-4H3,(H,16,18). The fraction of sp³-hybridized carbons (Fsp3) is 0.500. The zero-order valence-corrected chi connectivity index (χ0v) is 13.0. The van der Waals surface area contributed by atoms with E-state index in [-0.39, 0.29) is 11.4 Å². The van der Waals surface area contributed by atoms with Gasteiger partial charge >= 0.3 is 6.03 Å². The molecular formula is C14H21BrN2O. The molecule has 1 aromatic carbocycles. The number of hydrogen-bond donors (Lipinski definition) is 1. The summed E-state index contributed by atoms with van der Waals surface area (Å²) in [6.07, 6.45) is 0. The summed E-state index contributed by atoms with van der Waals surface area (Å²) in [6.45, 7) is 7.53. The molecule has 0 saturated heterocycles. The van der Waals surface area contributed by atoms with Crippen molar-refractivity contribution in [3.63, 3.8) is 0 Å². The van der Waals surface area contributed by atoms with Crippen LogP contribution in [0.1, 0.15) is 26.3 Å². The number of carbonyl (C=O) groups excluding carboxylic acids is 1. The van der Waals surface area contributed by atoms with Gasteiger partial charge in [-0.3, -0.25) is 0 Å². The quantitative estimate of drug-likeness (QED) is 0.908. The minimum atomic E-state index is -0.107. The summed E-state index contributed by atoms with van der Waals surface area (Å²) in [7, 11) is 1.79. The van der Waals surface area contributed by atoms with Crippen molar-refractivity contribution in [3.05, 3.63) is 34.3 Å². The number of urea groups is 1. The highest BCUT2D eigenvalue weighted by Gasteiger charge is 2.23. The molecule has 0 bridgehead atoms. The van der Waals surface area contributed by atoms with Gasteiger partial charge in [-0.1, -0.05) is 48.0 Å². The van der Waals surface area contributed by atoms with Crippen molar-refractivity contribution in [2.75, 3.05) is 20.1 Å². The van der Waals surface area contributed by atoms with Crippen LogP contribution in [-0.4, -0.2) is 31.1 Å². The van der Waals surface area contributed by atoms with E-state index in [0.717, 1.165) is 4.47 Å². The molecule has 0 spiro atoms. The Morgan fingerprint density at radius 2 is 2.00 bits per heavy atom. The van der Waals surface area contributed by atoms with E-state index in [4.69, 9.17) is 0 Å². The van der Waals surface area contributed by atoms with Gasteiger partial charge in [0.1, 0.15) is 0 Å². The molecule has 100 valence electrons. The summed E-state index contributed by atoms with van der Waals surface area (Å²) < 4.78 is 1.08. The maximum atomic E-state index is 11.7. The molecule has 0 unspecified atom stereocenters. The second kappa shape index (κ2) is 6.23. The molecular weight excluding hydrogens is 292 g/mol. The first kappa shape index (κ1) is 15.0. The lowest BCUT2D eigenvalue weighted by atomic mass is 9.84. The van der Waals surface area contributed by atoms with Gasteiger partial charge in [0.05, 0.1) is 0 Å². The Hall–Kier alpha value is -1.03. The average Bonchev–Trinajstić information content (AvgIpc) is 2.35. The number of amides is 2. The lowest BCUT2D eigenvalue weighted by Gasteiger charge is -2.28. The number of halogens is 1. The highest BCUT2D eigenvalue weighted by Crippen LogP contribution is 2.29. The highest BCUT2D eigenvalue weighted by atomic mass is 79.9. The van der Waals surface area contributed by atoms with E-state index in [9.17, 15) is 4.79 Å². The van der Waals surface area contributed by atoms with E-state index >= 15 is 0 Å². The van der Waals surface area contributed by atoms with Crippen LogP contribution >= 0.6 is 15.9 Å². The van der Waals surface area contributed by atoms with Crippen molar-refractivity contribution in [3.8, 4) is 0 Å². The highest BCUT2D eigenvalue weighted by molar-refractivity contribution is 9.10. The molecule has 0 aliphatic rings. The lowest BCUT2D eigenvalue weighted by Crippen LogP contribution is -2.43. The van der Waals surface area contributed by atoms with Crippen LogP contribution in [0.3, 0.4) is 0 Å². The summed E-state index contributed by atoms with van der Waals surface area (Å²) in [5, 5.41) is 2.97. The van der Waals surface area contributed by atoms with Gasteiger partial charge < -0.3 is 10.2 Å². The van der Waals surface area contributed by atoms with Crippen LogP contribution in [-0.2, 0) is 5.41 Å². The Morgan fingerprint density at radius 3 is 2.56 bits per heavy atom. The third-order valence-electron chi connectivity index (χ3n) is 3.11. The first-order valence-electron chi connectivity index (χ1n) is 6.12. The topological polar surface area (TPSA) is 32.3 Å². The number of carbonyl (C=O) groups is 1. The van der Waals surface area contributed by atoms with Crippen LogP contribution in [0.25, 0.3) is 0 Å². The number of nitrogens with one attached hydrogen (secondary N) is 1. The Labute approximate surface area is 118 Å². The number of hydrogen-bond acceptors (Lipinski definition) is 1. The third kappa shape index (κ3) is 3.73. The van der Waals surface area contributed by atoms with Gasteiger partial charge in [-0.15, -0.1) is 0 Å². The fourth-order valence-corrected chi connectivity index (χ4v) is 2.50. The minimum Gasteiger partial charge on any atom is -0.337 e. The van der Waals surface area contributed by atoms with E-state index in [2.05, 4.69) is 41.2 Å². The van der Waals surface area contributed by atoms with E-state index in [1.54, 1.807) is 11.9 Å². The second-order valence-corrected chi connectivity index (χ2v) is 5.89. The molecule has 0 radical (unpaired) electrons. The van der Waals surface area contributed by atoms with Crippen molar-refractivity contribution < 1.29 is 4.79 Å². The van der Waals surface area contributed by atoms with E-state index in [1.165, 1.54) is 5.56 Å². The number of benzene rings is 1. The fourth-order valence-electron chi connectivity index (χ4n) is 1.68. The molecule has 4 heteroatoms. The molecule has 0 aliphatic carbocycles. The summed E-state index contributed by atoms with van der Waals surface area (Å²) in [6, 6.07) is 8.09. The summed E-state index contributed by atoms with van der Waals surface area (Å²) >= 11 is 3.56. The van der Waals surface area contributed by atoms with Crippen molar-refractivity contribution in [2.45, 2.75) is 26.2 Å². The van der Waals surface area contributed by atoms with Crippen molar-refractivity contribution in [2.24, 2.45) is 0 Å². The first-order valence-corrected chi connectivity index (χ1v) is 6.91. The predicted octanol–water partition coefficient (Wildman–Crippen LogP) is 3.39. The second-order valence-electron chi connectivity index (χ2n) is 5.04. The first-order chi connectivity index (χ1) is 8.38. The van der Waals surface area contributed by atoms with Gasteiger partial charge in [-0.2, -0.15) is 0 Å². The molecule has 0 fully saturated rings. The number of nitrogens with zero attached hydrogens (tertiary/aromatic N) is 1. The van der Waals surface area contributed by atoms with Crippen molar-refractivity contribution >= 4 is 22.0 Å². The van der Waals surface area contributed by atoms with Crippen LogP contribution in [0, 0.1) is 0 Å². The predicted molar refractivity (Wildman–Crippen MR) is 78.9 cm³/mol. The monoisotopic (exact) mass is 312 g/mol. The zero-order chi connectivity index (χ0) is 13.8. The van der Waals surface area contributed by atoms with Gasteiger partial charge in [0, 0.05) is 30.0 Å². The third-order valence-corrected chi connectivity index (χ3v) is 3.80. The van der Waals surface area contributed by atoms with Crippen molar-refractivity contribution in [1.82, 2.24) is 10.2 Å². The van der Waals surface area contributed by atoms with Crippen LogP contribution in [0.2, 0.25) is 0 Å². The van der Waals surface area contributed by atoms with E-state index in [1.807, 2.05) is 25.1 Å². The molecule has 0 aliphatic heterocycles. The smallest absolute Gasteiger partial charge is 0.317 e. The molecule has 18 heavy (non-hydrogen) atoms. The molecule has 1 aromatic rings. The Balaban J connectivity index is 2.71.